The summed E-state index contributed by atoms with van der Waals surface area (Å²) in [5.41, 5.74) is 0.630. The molecule has 0 unspecified atom stereocenters. The second-order valence-electron chi connectivity index (χ2n) is 5.63. The van der Waals surface area contributed by atoms with E-state index in [-0.39, 0.29) is 11.9 Å². The molecule has 7 nitrogen and oxygen atoms in total. The van der Waals surface area contributed by atoms with Crippen LogP contribution in [0.5, 0.6) is 0 Å². The number of hydrogen-bond acceptors (Lipinski definition) is 5. The summed E-state index contributed by atoms with van der Waals surface area (Å²) < 4.78 is 7.07. The van der Waals surface area contributed by atoms with Gasteiger partial charge in [0.1, 0.15) is 11.7 Å². The van der Waals surface area contributed by atoms with Crippen molar-refractivity contribution in [2.75, 3.05) is 6.54 Å². The van der Waals surface area contributed by atoms with Gasteiger partial charge in [0.25, 0.3) is 5.91 Å². The van der Waals surface area contributed by atoms with Crippen LogP contribution in [0.4, 0.5) is 0 Å². The first kappa shape index (κ1) is 14.7. The van der Waals surface area contributed by atoms with Gasteiger partial charge < -0.3 is 9.42 Å². The van der Waals surface area contributed by atoms with Crippen molar-refractivity contribution in [3.8, 4) is 0 Å². The third kappa shape index (κ3) is 2.75. The van der Waals surface area contributed by atoms with Crippen LogP contribution < -0.4 is 0 Å². The van der Waals surface area contributed by atoms with Gasteiger partial charge in [-0.15, -0.1) is 0 Å². The molecule has 1 fully saturated rings. The second kappa shape index (κ2) is 6.29. The molecule has 118 valence electrons. The Balaban J connectivity index is 1.86. The number of hydrogen-bond donors (Lipinski definition) is 0. The summed E-state index contributed by atoms with van der Waals surface area (Å²) in [6, 6.07) is 1.65. The van der Waals surface area contributed by atoms with E-state index in [2.05, 4.69) is 22.2 Å². The molecule has 0 bridgehead atoms. The standard InChI is InChI=1S/C15H21N5O2/c1-3-9-20-13(7-8-16-20)15(21)19-10-5-4-6-12(19)14-17-11(2)18-22-14/h7-8,12H,3-6,9-10H2,1-2H3/t12-/m0/s1. The Kier molecular flexibility index (Phi) is 4.22. The monoisotopic (exact) mass is 303 g/mol. The molecule has 7 heteroatoms. The summed E-state index contributed by atoms with van der Waals surface area (Å²) in [5, 5.41) is 8.10. The molecule has 3 rings (SSSR count). The molecule has 1 atom stereocenters. The predicted octanol–water partition coefficient (Wildman–Crippen LogP) is 2.35. The zero-order chi connectivity index (χ0) is 15.5. The van der Waals surface area contributed by atoms with E-state index in [4.69, 9.17) is 4.52 Å². The molecule has 0 N–H and O–H groups in total. The molecule has 0 saturated carbocycles. The molecule has 0 spiro atoms. The highest BCUT2D eigenvalue weighted by atomic mass is 16.5. The summed E-state index contributed by atoms with van der Waals surface area (Å²) in [5.74, 6) is 1.13. The zero-order valence-electron chi connectivity index (χ0n) is 13.0. The number of likely N-dealkylation sites (tertiary alicyclic amines) is 1. The van der Waals surface area contributed by atoms with Crippen LogP contribution in [0.1, 0.15) is 60.9 Å². The van der Waals surface area contributed by atoms with Gasteiger partial charge in [0.15, 0.2) is 5.82 Å². The molecule has 2 aromatic rings. The largest absolute Gasteiger partial charge is 0.337 e. The Bertz CT molecular complexity index is 648. The van der Waals surface area contributed by atoms with Crippen LogP contribution in [-0.2, 0) is 6.54 Å². The quantitative estimate of drug-likeness (QED) is 0.866. The van der Waals surface area contributed by atoms with E-state index in [1.165, 1.54) is 0 Å². The molecule has 1 saturated heterocycles. The lowest BCUT2D eigenvalue weighted by atomic mass is 10.0. The van der Waals surface area contributed by atoms with Crippen molar-refractivity contribution in [2.45, 2.75) is 52.1 Å². The third-order valence-corrected chi connectivity index (χ3v) is 3.96. The van der Waals surface area contributed by atoms with Gasteiger partial charge in [0.2, 0.25) is 5.89 Å². The van der Waals surface area contributed by atoms with Gasteiger partial charge >= 0.3 is 0 Å². The molecule has 0 aromatic carbocycles. The van der Waals surface area contributed by atoms with Gasteiger partial charge in [0.05, 0.1) is 0 Å². The average molecular weight is 303 g/mol. The van der Waals surface area contributed by atoms with Gasteiger partial charge in [0, 0.05) is 19.3 Å². The van der Waals surface area contributed by atoms with Gasteiger partial charge in [-0.25, -0.2) is 0 Å². The number of carbonyl (C=O) groups excluding carboxylic acids is 1. The maximum absolute atomic E-state index is 12.9. The fourth-order valence-corrected chi connectivity index (χ4v) is 2.93. The SMILES string of the molecule is CCCn1nccc1C(=O)N1CCCC[C@H]1c1nc(C)no1. The molecular formula is C15H21N5O2. The number of carbonyl (C=O) groups is 1. The van der Waals surface area contributed by atoms with Crippen LogP contribution in [0.25, 0.3) is 0 Å². The maximum atomic E-state index is 12.9. The minimum absolute atomic E-state index is 0.00787. The Labute approximate surface area is 129 Å². The van der Waals surface area contributed by atoms with E-state index in [9.17, 15) is 4.79 Å². The number of nitrogens with zero attached hydrogens (tertiary/aromatic N) is 5. The van der Waals surface area contributed by atoms with Gasteiger partial charge in [-0.05, 0) is 38.7 Å². The smallest absolute Gasteiger partial charge is 0.272 e. The minimum atomic E-state index is -0.132. The molecule has 1 aliphatic heterocycles. The number of piperidine rings is 1. The van der Waals surface area contributed by atoms with Crippen LogP contribution in [0.2, 0.25) is 0 Å². The second-order valence-corrected chi connectivity index (χ2v) is 5.63. The summed E-state index contributed by atoms with van der Waals surface area (Å²) in [6.45, 7) is 5.31. The van der Waals surface area contributed by atoms with E-state index in [0.717, 1.165) is 32.2 Å². The molecule has 22 heavy (non-hydrogen) atoms. The van der Waals surface area contributed by atoms with E-state index in [1.54, 1.807) is 23.9 Å². The summed E-state index contributed by atoms with van der Waals surface area (Å²) in [4.78, 5) is 19.1. The van der Waals surface area contributed by atoms with Crippen LogP contribution in [0.3, 0.4) is 0 Å². The van der Waals surface area contributed by atoms with Crippen molar-refractivity contribution in [2.24, 2.45) is 0 Å². The number of amides is 1. The molecule has 3 heterocycles. The van der Waals surface area contributed by atoms with Crippen molar-refractivity contribution in [1.29, 1.82) is 0 Å². The highest BCUT2D eigenvalue weighted by Gasteiger charge is 2.33. The molecule has 2 aromatic heterocycles. The minimum Gasteiger partial charge on any atom is -0.337 e. The lowest BCUT2D eigenvalue weighted by Crippen LogP contribution is -2.39. The van der Waals surface area contributed by atoms with Crippen molar-refractivity contribution in [1.82, 2.24) is 24.8 Å². The first-order chi connectivity index (χ1) is 10.7. The Morgan fingerprint density at radius 1 is 1.45 bits per heavy atom. The first-order valence-corrected chi connectivity index (χ1v) is 7.83. The average Bonchev–Trinajstić information content (AvgIpc) is 3.16. The summed E-state index contributed by atoms with van der Waals surface area (Å²) in [7, 11) is 0. The maximum Gasteiger partial charge on any atom is 0.272 e. The normalized spacial score (nSPS) is 18.6. The van der Waals surface area contributed by atoms with E-state index in [1.807, 2.05) is 4.90 Å². The van der Waals surface area contributed by atoms with Crippen LogP contribution >= 0.6 is 0 Å². The lowest BCUT2D eigenvalue weighted by Gasteiger charge is -2.33. The van der Waals surface area contributed by atoms with Gasteiger partial charge in [-0.1, -0.05) is 12.1 Å². The van der Waals surface area contributed by atoms with E-state index in [0.29, 0.717) is 24.0 Å². The highest BCUT2D eigenvalue weighted by Crippen LogP contribution is 2.31. The summed E-state index contributed by atoms with van der Waals surface area (Å²) in [6.07, 6.45) is 5.53. The Morgan fingerprint density at radius 2 is 2.32 bits per heavy atom. The van der Waals surface area contributed by atoms with Gasteiger partial charge in [-0.2, -0.15) is 10.1 Å². The van der Waals surface area contributed by atoms with Gasteiger partial charge in [-0.3, -0.25) is 9.48 Å². The predicted molar refractivity (Wildman–Crippen MR) is 79.2 cm³/mol. The van der Waals surface area contributed by atoms with Crippen molar-refractivity contribution in [3.05, 3.63) is 29.7 Å². The molecule has 1 amide bonds. The number of aromatic nitrogens is 4. The molecule has 1 aliphatic rings. The van der Waals surface area contributed by atoms with Crippen molar-refractivity contribution < 1.29 is 9.32 Å². The van der Waals surface area contributed by atoms with Crippen LogP contribution in [0, 0.1) is 6.92 Å². The lowest BCUT2D eigenvalue weighted by molar-refractivity contribution is 0.0548. The fraction of sp³-hybridized carbons (Fsp3) is 0.600. The highest BCUT2D eigenvalue weighted by molar-refractivity contribution is 5.92. The molecule has 0 radical (unpaired) electrons. The van der Waals surface area contributed by atoms with Crippen LogP contribution in [-0.4, -0.2) is 37.3 Å². The molecule has 0 aliphatic carbocycles. The Morgan fingerprint density at radius 3 is 3.05 bits per heavy atom. The number of rotatable bonds is 4. The zero-order valence-corrected chi connectivity index (χ0v) is 13.0. The van der Waals surface area contributed by atoms with Crippen molar-refractivity contribution >= 4 is 5.91 Å². The first-order valence-electron chi connectivity index (χ1n) is 7.83. The van der Waals surface area contributed by atoms with Crippen molar-refractivity contribution in [3.63, 3.8) is 0 Å². The van der Waals surface area contributed by atoms with Crippen LogP contribution in [0.15, 0.2) is 16.8 Å². The fourth-order valence-electron chi connectivity index (χ4n) is 2.93. The molecular weight excluding hydrogens is 282 g/mol. The third-order valence-electron chi connectivity index (χ3n) is 3.96. The number of aryl methyl sites for hydroxylation is 2. The summed E-state index contributed by atoms with van der Waals surface area (Å²) >= 11 is 0. The Hall–Kier alpha value is -2.18. The topological polar surface area (TPSA) is 77.1 Å². The van der Waals surface area contributed by atoms with E-state index >= 15 is 0 Å². The van der Waals surface area contributed by atoms with E-state index < -0.39 is 0 Å².